The summed E-state index contributed by atoms with van der Waals surface area (Å²) in [7, 11) is 0. The summed E-state index contributed by atoms with van der Waals surface area (Å²) in [6.45, 7) is 2.15. The minimum absolute atomic E-state index is 0.280. The summed E-state index contributed by atoms with van der Waals surface area (Å²) in [4.78, 5) is 0. The van der Waals surface area contributed by atoms with Crippen LogP contribution in [0.4, 0.5) is 0 Å². The van der Waals surface area contributed by atoms with Crippen molar-refractivity contribution in [1.29, 1.82) is 10.5 Å². The normalized spacial score (nSPS) is 16.3. The first kappa shape index (κ1) is 13.4. The number of allylic oxidation sites excluding steroid dienone is 2. The fourth-order valence-corrected chi connectivity index (χ4v) is 3.37. The van der Waals surface area contributed by atoms with E-state index >= 15 is 0 Å². The van der Waals surface area contributed by atoms with Crippen LogP contribution in [0.1, 0.15) is 30.9 Å². The van der Waals surface area contributed by atoms with E-state index in [0.717, 1.165) is 30.4 Å². The average molecular weight is 272 g/mol. The fraction of sp³-hybridized carbons (Fsp3) is 0.263. The highest BCUT2D eigenvalue weighted by atomic mass is 14.4. The molecule has 1 atom stereocenters. The molecule has 1 aliphatic rings. The second-order valence-corrected chi connectivity index (χ2v) is 5.56. The molecule has 1 aliphatic carbocycles. The monoisotopic (exact) mass is 272 g/mol. The largest absolute Gasteiger partial charge is 0.192 e. The molecule has 21 heavy (non-hydrogen) atoms. The van der Waals surface area contributed by atoms with E-state index in [9.17, 15) is 10.5 Å². The Morgan fingerprint density at radius 3 is 2.43 bits per heavy atom. The third-order valence-corrected chi connectivity index (χ3v) is 4.27. The van der Waals surface area contributed by atoms with Gasteiger partial charge in [-0.05, 0) is 52.3 Å². The number of nitrogens with zero attached hydrogens (tertiary/aromatic N) is 2. The first-order chi connectivity index (χ1) is 10.3. The van der Waals surface area contributed by atoms with Crippen LogP contribution < -0.4 is 0 Å². The zero-order chi connectivity index (χ0) is 14.8. The van der Waals surface area contributed by atoms with Gasteiger partial charge < -0.3 is 0 Å². The molecule has 0 fully saturated rings. The van der Waals surface area contributed by atoms with Crippen LogP contribution in [0.5, 0.6) is 0 Å². The van der Waals surface area contributed by atoms with Gasteiger partial charge >= 0.3 is 0 Å². The Morgan fingerprint density at radius 2 is 1.81 bits per heavy atom. The van der Waals surface area contributed by atoms with Crippen molar-refractivity contribution in [2.24, 2.45) is 5.92 Å². The van der Waals surface area contributed by atoms with Gasteiger partial charge in [-0.2, -0.15) is 10.5 Å². The van der Waals surface area contributed by atoms with Gasteiger partial charge in [0.2, 0.25) is 0 Å². The number of hydrogen-bond acceptors (Lipinski definition) is 2. The van der Waals surface area contributed by atoms with Crippen molar-refractivity contribution < 1.29 is 0 Å². The summed E-state index contributed by atoms with van der Waals surface area (Å²) in [5.74, 6) is 0.302. The van der Waals surface area contributed by atoms with Crippen molar-refractivity contribution in [3.63, 3.8) is 0 Å². The maximum absolute atomic E-state index is 9.28. The van der Waals surface area contributed by atoms with Gasteiger partial charge in [0.15, 0.2) is 0 Å². The summed E-state index contributed by atoms with van der Waals surface area (Å²) >= 11 is 0. The summed E-state index contributed by atoms with van der Waals surface area (Å²) in [6.07, 6.45) is 3.02. The Bertz CT molecular complexity index is 800. The van der Waals surface area contributed by atoms with Gasteiger partial charge in [0.1, 0.15) is 17.7 Å². The molecule has 3 rings (SSSR count). The highest BCUT2D eigenvalue weighted by Crippen LogP contribution is 2.42. The third-order valence-electron chi connectivity index (χ3n) is 4.27. The second kappa shape index (κ2) is 5.43. The van der Waals surface area contributed by atoms with Crippen LogP contribution in [-0.4, -0.2) is 0 Å². The molecule has 2 aromatic carbocycles. The molecule has 0 bridgehead atoms. The molecule has 0 heterocycles. The van der Waals surface area contributed by atoms with E-state index in [4.69, 9.17) is 0 Å². The highest BCUT2D eigenvalue weighted by molar-refractivity contribution is 5.91. The number of benzene rings is 2. The van der Waals surface area contributed by atoms with E-state index in [2.05, 4.69) is 43.3 Å². The van der Waals surface area contributed by atoms with Crippen LogP contribution in [0.2, 0.25) is 0 Å². The van der Waals surface area contributed by atoms with E-state index in [0.29, 0.717) is 5.92 Å². The van der Waals surface area contributed by atoms with Crippen molar-refractivity contribution in [1.82, 2.24) is 0 Å². The summed E-state index contributed by atoms with van der Waals surface area (Å²) in [5, 5.41) is 21.0. The van der Waals surface area contributed by atoms with Crippen LogP contribution >= 0.6 is 0 Å². The Morgan fingerprint density at radius 1 is 1.14 bits per heavy atom. The quantitative estimate of drug-likeness (QED) is 0.749. The highest BCUT2D eigenvalue weighted by Gasteiger charge is 2.29. The molecule has 0 spiro atoms. The molecule has 2 heteroatoms. The summed E-state index contributed by atoms with van der Waals surface area (Å²) < 4.78 is 0. The third kappa shape index (κ3) is 2.20. The standard InChI is InChI=1S/C19H16N2/c1-2-5-15-9-16-8-13-6-3-4-7-14(13)10-18(16)19(15)17(11-20)12-21/h3-4,6-8,10,15H,2,5,9H2,1H3. The van der Waals surface area contributed by atoms with Crippen LogP contribution in [0.3, 0.4) is 0 Å². The molecule has 2 aromatic rings. The van der Waals surface area contributed by atoms with E-state index in [-0.39, 0.29) is 5.57 Å². The first-order valence-corrected chi connectivity index (χ1v) is 7.35. The molecule has 102 valence electrons. The lowest BCUT2D eigenvalue weighted by Crippen LogP contribution is -2.00. The molecule has 0 N–H and O–H groups in total. The van der Waals surface area contributed by atoms with Crippen molar-refractivity contribution in [2.75, 3.05) is 0 Å². The van der Waals surface area contributed by atoms with E-state index in [1.807, 2.05) is 12.1 Å². The maximum Gasteiger partial charge on any atom is 0.133 e. The fourth-order valence-electron chi connectivity index (χ4n) is 3.37. The molecule has 1 unspecified atom stereocenters. The Labute approximate surface area is 124 Å². The second-order valence-electron chi connectivity index (χ2n) is 5.56. The zero-order valence-electron chi connectivity index (χ0n) is 12.1. The molecule has 0 amide bonds. The summed E-state index contributed by atoms with van der Waals surface area (Å²) in [6, 6.07) is 16.8. The number of rotatable bonds is 2. The predicted octanol–water partition coefficient (Wildman–Crippen LogP) is 4.61. The van der Waals surface area contributed by atoms with E-state index in [1.54, 1.807) is 0 Å². The average Bonchev–Trinajstić information content (AvgIpc) is 2.84. The van der Waals surface area contributed by atoms with E-state index < -0.39 is 0 Å². The smallest absolute Gasteiger partial charge is 0.133 e. The van der Waals surface area contributed by atoms with Crippen molar-refractivity contribution in [3.8, 4) is 12.1 Å². The van der Waals surface area contributed by atoms with Gasteiger partial charge in [-0.1, -0.05) is 43.7 Å². The van der Waals surface area contributed by atoms with Crippen molar-refractivity contribution in [3.05, 3.63) is 53.1 Å². The van der Waals surface area contributed by atoms with Crippen LogP contribution in [0.15, 0.2) is 42.0 Å². The summed E-state index contributed by atoms with van der Waals surface area (Å²) in [5.41, 5.74) is 3.61. The van der Waals surface area contributed by atoms with Gasteiger partial charge in [0.25, 0.3) is 0 Å². The lowest BCUT2D eigenvalue weighted by molar-refractivity contribution is 0.612. The van der Waals surface area contributed by atoms with Gasteiger partial charge in [-0.15, -0.1) is 0 Å². The number of nitriles is 2. The van der Waals surface area contributed by atoms with Crippen LogP contribution in [-0.2, 0) is 6.42 Å². The Balaban J connectivity index is 2.26. The molecule has 0 saturated carbocycles. The zero-order valence-corrected chi connectivity index (χ0v) is 12.1. The van der Waals surface area contributed by atoms with Gasteiger partial charge in [-0.25, -0.2) is 0 Å². The Hall–Kier alpha value is -2.58. The van der Waals surface area contributed by atoms with Gasteiger partial charge in [-0.3, -0.25) is 0 Å². The first-order valence-electron chi connectivity index (χ1n) is 7.35. The van der Waals surface area contributed by atoms with Gasteiger partial charge in [0, 0.05) is 0 Å². The lowest BCUT2D eigenvalue weighted by atomic mass is 9.91. The number of fused-ring (bicyclic) bond motifs is 2. The molecule has 2 nitrogen and oxygen atoms in total. The predicted molar refractivity (Wildman–Crippen MR) is 84.2 cm³/mol. The van der Waals surface area contributed by atoms with Crippen LogP contribution in [0, 0.1) is 28.6 Å². The van der Waals surface area contributed by atoms with Crippen molar-refractivity contribution >= 4 is 16.3 Å². The molecule has 0 saturated heterocycles. The van der Waals surface area contributed by atoms with Crippen LogP contribution in [0.25, 0.3) is 16.3 Å². The molecule has 0 aliphatic heterocycles. The lowest BCUT2D eigenvalue weighted by Gasteiger charge is -2.11. The maximum atomic E-state index is 9.28. The SMILES string of the molecule is CCCC1Cc2cc3ccccc3cc2C1=C(C#N)C#N. The topological polar surface area (TPSA) is 47.6 Å². The van der Waals surface area contributed by atoms with Crippen molar-refractivity contribution in [2.45, 2.75) is 26.2 Å². The molecule has 0 radical (unpaired) electrons. The minimum atomic E-state index is 0.280. The minimum Gasteiger partial charge on any atom is -0.192 e. The molecular formula is C19H16N2. The van der Waals surface area contributed by atoms with Gasteiger partial charge in [0.05, 0.1) is 0 Å². The number of hydrogen-bond donors (Lipinski definition) is 0. The van der Waals surface area contributed by atoms with E-state index in [1.165, 1.54) is 16.3 Å². The molecule has 0 aromatic heterocycles. The molecular weight excluding hydrogens is 256 g/mol. The Kier molecular flexibility index (Phi) is 3.46.